The van der Waals surface area contributed by atoms with Crippen molar-refractivity contribution < 1.29 is 14.3 Å². The summed E-state index contributed by atoms with van der Waals surface area (Å²) in [6, 6.07) is 14.7. The minimum atomic E-state index is -0.342. The molecule has 0 unspecified atom stereocenters. The molecule has 2 rings (SSSR count). The Balaban J connectivity index is 2.01. The Bertz CT molecular complexity index is 579. The lowest BCUT2D eigenvalue weighted by Crippen LogP contribution is -2.08. The minimum absolute atomic E-state index is 0.237. The van der Waals surface area contributed by atoms with E-state index in [0.29, 0.717) is 5.56 Å². The van der Waals surface area contributed by atoms with Crippen LogP contribution in [0.4, 0.5) is 5.69 Å². The molecule has 2 aromatic rings. The molecule has 0 heterocycles. The van der Waals surface area contributed by atoms with Crippen molar-refractivity contribution >= 4 is 11.7 Å². The van der Waals surface area contributed by atoms with E-state index >= 15 is 0 Å². The molecule has 0 aromatic heterocycles. The second-order valence-corrected chi connectivity index (χ2v) is 4.22. The lowest BCUT2D eigenvalue weighted by Gasteiger charge is -2.09. The highest BCUT2D eigenvalue weighted by Gasteiger charge is 2.11. The summed E-state index contributed by atoms with van der Waals surface area (Å²) in [6.07, 6.45) is 0. The summed E-state index contributed by atoms with van der Waals surface area (Å²) < 4.78 is 10.4. The quantitative estimate of drug-likeness (QED) is 0.849. The molecular weight excluding hydrogens is 254 g/mol. The van der Waals surface area contributed by atoms with Crippen LogP contribution >= 0.6 is 0 Å². The number of ether oxygens (including phenoxy) is 2. The molecule has 0 fully saturated rings. The van der Waals surface area contributed by atoms with Crippen molar-refractivity contribution in [3.05, 3.63) is 59.7 Å². The number of anilines is 1. The molecule has 4 heteroatoms. The van der Waals surface area contributed by atoms with Crippen LogP contribution in [0, 0.1) is 0 Å². The van der Waals surface area contributed by atoms with Crippen molar-refractivity contribution in [2.45, 2.75) is 6.61 Å². The van der Waals surface area contributed by atoms with Crippen LogP contribution < -0.4 is 10.1 Å². The number of hydrogen-bond acceptors (Lipinski definition) is 4. The first kappa shape index (κ1) is 13.9. The lowest BCUT2D eigenvalue weighted by molar-refractivity contribution is 0.0474. The second-order valence-electron chi connectivity index (χ2n) is 4.22. The van der Waals surface area contributed by atoms with Gasteiger partial charge < -0.3 is 14.8 Å². The van der Waals surface area contributed by atoms with E-state index in [1.807, 2.05) is 42.5 Å². The highest BCUT2D eigenvalue weighted by molar-refractivity contribution is 5.95. The van der Waals surface area contributed by atoms with Gasteiger partial charge in [0.2, 0.25) is 0 Å². The summed E-state index contributed by atoms with van der Waals surface area (Å²) in [5.74, 6) is 0.436. The van der Waals surface area contributed by atoms with Gasteiger partial charge in [0, 0.05) is 12.7 Å². The third-order valence-electron chi connectivity index (χ3n) is 2.95. The van der Waals surface area contributed by atoms with Crippen LogP contribution in [0.5, 0.6) is 5.75 Å². The largest absolute Gasteiger partial charge is 0.497 e. The van der Waals surface area contributed by atoms with Gasteiger partial charge in [0.25, 0.3) is 0 Å². The molecule has 104 valence electrons. The van der Waals surface area contributed by atoms with Crippen LogP contribution in [0.1, 0.15) is 15.9 Å². The van der Waals surface area contributed by atoms with Gasteiger partial charge in [-0.1, -0.05) is 24.3 Å². The Kier molecular flexibility index (Phi) is 4.60. The maximum atomic E-state index is 12.0. The van der Waals surface area contributed by atoms with Crippen molar-refractivity contribution in [2.24, 2.45) is 0 Å². The lowest BCUT2D eigenvalue weighted by atomic mass is 10.2. The van der Waals surface area contributed by atoms with Gasteiger partial charge in [0.1, 0.15) is 12.4 Å². The monoisotopic (exact) mass is 271 g/mol. The maximum Gasteiger partial charge on any atom is 0.340 e. The molecule has 20 heavy (non-hydrogen) atoms. The van der Waals surface area contributed by atoms with Gasteiger partial charge in [-0.3, -0.25) is 0 Å². The van der Waals surface area contributed by atoms with Crippen LogP contribution in [0.3, 0.4) is 0 Å². The number of carbonyl (C=O) groups excluding carboxylic acids is 1. The molecule has 0 aliphatic heterocycles. The average Bonchev–Trinajstić information content (AvgIpc) is 2.53. The molecule has 0 bridgehead atoms. The van der Waals surface area contributed by atoms with Crippen molar-refractivity contribution in [3.63, 3.8) is 0 Å². The average molecular weight is 271 g/mol. The maximum absolute atomic E-state index is 12.0. The molecule has 4 nitrogen and oxygen atoms in total. The molecule has 0 aliphatic rings. The number of nitrogens with one attached hydrogen (secondary N) is 1. The fraction of sp³-hybridized carbons (Fsp3) is 0.188. The van der Waals surface area contributed by atoms with E-state index < -0.39 is 0 Å². The van der Waals surface area contributed by atoms with E-state index in [-0.39, 0.29) is 12.6 Å². The Morgan fingerprint density at radius 1 is 1.10 bits per heavy atom. The van der Waals surface area contributed by atoms with E-state index in [9.17, 15) is 4.79 Å². The smallest absolute Gasteiger partial charge is 0.340 e. The molecule has 2 aromatic carbocycles. The van der Waals surface area contributed by atoms with Gasteiger partial charge in [0.05, 0.1) is 12.7 Å². The summed E-state index contributed by atoms with van der Waals surface area (Å²) in [5.41, 5.74) is 2.21. The number of carbonyl (C=O) groups is 1. The third kappa shape index (κ3) is 3.29. The van der Waals surface area contributed by atoms with Crippen molar-refractivity contribution in [1.29, 1.82) is 0 Å². The van der Waals surface area contributed by atoms with Gasteiger partial charge in [-0.05, 0) is 29.8 Å². The van der Waals surface area contributed by atoms with E-state index in [4.69, 9.17) is 9.47 Å². The highest BCUT2D eigenvalue weighted by atomic mass is 16.5. The first-order valence-electron chi connectivity index (χ1n) is 6.31. The van der Waals surface area contributed by atoms with E-state index in [2.05, 4.69) is 5.32 Å². The predicted octanol–water partition coefficient (Wildman–Crippen LogP) is 3.09. The van der Waals surface area contributed by atoms with Crippen LogP contribution in [-0.2, 0) is 11.3 Å². The number of para-hydroxylation sites is 1. The van der Waals surface area contributed by atoms with E-state index in [1.54, 1.807) is 20.2 Å². The third-order valence-corrected chi connectivity index (χ3v) is 2.95. The SMILES string of the molecule is CNc1ccccc1C(=O)OCc1ccc(OC)cc1. The molecular formula is C16H17NO3. The summed E-state index contributed by atoms with van der Waals surface area (Å²) in [5, 5.41) is 2.97. The van der Waals surface area contributed by atoms with Crippen molar-refractivity contribution in [2.75, 3.05) is 19.5 Å². The fourth-order valence-electron chi connectivity index (χ4n) is 1.83. The first-order chi connectivity index (χ1) is 9.74. The number of methoxy groups -OCH3 is 1. The van der Waals surface area contributed by atoms with Crippen LogP contribution in [0.2, 0.25) is 0 Å². The van der Waals surface area contributed by atoms with E-state index in [1.165, 1.54) is 0 Å². The molecule has 0 spiro atoms. The zero-order valence-electron chi connectivity index (χ0n) is 11.6. The van der Waals surface area contributed by atoms with Crippen molar-refractivity contribution in [1.82, 2.24) is 0 Å². The normalized spacial score (nSPS) is 9.90. The Hall–Kier alpha value is -2.49. The zero-order chi connectivity index (χ0) is 14.4. The van der Waals surface area contributed by atoms with Gasteiger partial charge >= 0.3 is 5.97 Å². The van der Waals surface area contributed by atoms with Gasteiger partial charge in [-0.25, -0.2) is 4.79 Å². The van der Waals surface area contributed by atoms with Gasteiger partial charge in [-0.2, -0.15) is 0 Å². The van der Waals surface area contributed by atoms with Gasteiger partial charge in [-0.15, -0.1) is 0 Å². The van der Waals surface area contributed by atoms with Crippen LogP contribution in [0.15, 0.2) is 48.5 Å². The summed E-state index contributed by atoms with van der Waals surface area (Å²) in [4.78, 5) is 12.0. The van der Waals surface area contributed by atoms with Crippen molar-refractivity contribution in [3.8, 4) is 5.75 Å². The summed E-state index contributed by atoms with van der Waals surface area (Å²) >= 11 is 0. The Morgan fingerprint density at radius 2 is 1.80 bits per heavy atom. The number of hydrogen-bond donors (Lipinski definition) is 1. The topological polar surface area (TPSA) is 47.6 Å². The Morgan fingerprint density at radius 3 is 2.45 bits per heavy atom. The predicted molar refractivity (Wildman–Crippen MR) is 78.1 cm³/mol. The van der Waals surface area contributed by atoms with Crippen LogP contribution in [-0.4, -0.2) is 20.1 Å². The molecule has 0 radical (unpaired) electrons. The van der Waals surface area contributed by atoms with Gasteiger partial charge in [0.15, 0.2) is 0 Å². The Labute approximate surface area is 118 Å². The summed E-state index contributed by atoms with van der Waals surface area (Å²) in [6.45, 7) is 0.237. The number of benzene rings is 2. The molecule has 0 saturated carbocycles. The standard InChI is InChI=1S/C16H17NO3/c1-17-15-6-4-3-5-14(15)16(18)20-11-12-7-9-13(19-2)10-8-12/h3-10,17H,11H2,1-2H3. The molecule has 0 saturated heterocycles. The minimum Gasteiger partial charge on any atom is -0.497 e. The number of rotatable bonds is 5. The van der Waals surface area contributed by atoms with Crippen LogP contribution in [0.25, 0.3) is 0 Å². The molecule has 0 atom stereocenters. The fourth-order valence-corrected chi connectivity index (χ4v) is 1.83. The first-order valence-corrected chi connectivity index (χ1v) is 6.31. The second kappa shape index (κ2) is 6.61. The number of esters is 1. The highest BCUT2D eigenvalue weighted by Crippen LogP contribution is 2.17. The summed E-state index contributed by atoms with van der Waals surface area (Å²) in [7, 11) is 3.39. The molecule has 0 amide bonds. The van der Waals surface area contributed by atoms with E-state index in [0.717, 1.165) is 17.0 Å². The molecule has 1 N–H and O–H groups in total. The molecule has 0 aliphatic carbocycles. The zero-order valence-corrected chi connectivity index (χ0v) is 11.6.